The summed E-state index contributed by atoms with van der Waals surface area (Å²) in [6, 6.07) is 4.89. The summed E-state index contributed by atoms with van der Waals surface area (Å²) in [6.07, 6.45) is 2.05. The number of ether oxygens (including phenoxy) is 1. The summed E-state index contributed by atoms with van der Waals surface area (Å²) >= 11 is 6.15. The van der Waals surface area contributed by atoms with Crippen LogP contribution in [0, 0.1) is 0 Å². The minimum Gasteiger partial charge on any atom is -0.469 e. The van der Waals surface area contributed by atoms with Crippen molar-refractivity contribution in [3.63, 3.8) is 0 Å². The molecular formula is C14H12ClNO4. The van der Waals surface area contributed by atoms with Crippen LogP contribution in [-0.4, -0.2) is 23.4 Å². The first-order valence-electron chi connectivity index (χ1n) is 6.18. The Labute approximate surface area is 120 Å². The summed E-state index contributed by atoms with van der Waals surface area (Å²) < 4.78 is 11.7. The molecule has 1 aliphatic heterocycles. The van der Waals surface area contributed by atoms with Crippen molar-refractivity contribution in [3.05, 3.63) is 46.6 Å². The molecule has 1 atom stereocenters. The van der Waals surface area contributed by atoms with Gasteiger partial charge in [0.25, 0.3) is 0 Å². The zero-order valence-corrected chi connectivity index (χ0v) is 11.5. The lowest BCUT2D eigenvalue weighted by Gasteiger charge is -2.05. The Morgan fingerprint density at radius 3 is 2.95 bits per heavy atom. The maximum Gasteiger partial charge on any atom is 0.314 e. The normalized spacial score (nSPS) is 17.0. The Balaban J connectivity index is 2.03. The number of methoxy groups -OCH3 is 1. The summed E-state index contributed by atoms with van der Waals surface area (Å²) in [6.45, 7) is 0.559. The van der Waals surface area contributed by atoms with Crippen LogP contribution in [0.4, 0.5) is 0 Å². The van der Waals surface area contributed by atoms with Crippen molar-refractivity contribution in [2.24, 2.45) is 0 Å². The highest BCUT2D eigenvalue weighted by atomic mass is 35.5. The van der Waals surface area contributed by atoms with Gasteiger partial charge >= 0.3 is 5.97 Å². The molecule has 0 aromatic carbocycles. The Bertz CT molecular complexity index is 672. The van der Waals surface area contributed by atoms with E-state index < -0.39 is 0 Å². The molecule has 0 aliphatic carbocycles. The quantitative estimate of drug-likeness (QED) is 0.645. The first-order chi connectivity index (χ1) is 9.63. The van der Waals surface area contributed by atoms with E-state index in [0.717, 1.165) is 5.69 Å². The number of nitrogens with zero attached hydrogens (tertiary/aromatic N) is 1. The van der Waals surface area contributed by atoms with Crippen molar-refractivity contribution in [1.29, 1.82) is 0 Å². The van der Waals surface area contributed by atoms with Crippen LogP contribution in [0.15, 0.2) is 28.9 Å². The molecule has 0 spiro atoms. The number of ketones is 1. The molecule has 0 radical (unpaired) electrons. The van der Waals surface area contributed by atoms with Gasteiger partial charge in [-0.1, -0.05) is 11.6 Å². The third kappa shape index (κ3) is 1.86. The summed E-state index contributed by atoms with van der Waals surface area (Å²) in [4.78, 5) is 24.1. The van der Waals surface area contributed by atoms with Gasteiger partial charge in [-0.05, 0) is 24.6 Å². The fourth-order valence-corrected chi connectivity index (χ4v) is 2.91. The molecule has 0 saturated heterocycles. The Hall–Kier alpha value is -2.01. The molecule has 5 nitrogen and oxygen atoms in total. The van der Waals surface area contributed by atoms with Gasteiger partial charge in [-0.15, -0.1) is 0 Å². The van der Waals surface area contributed by atoms with Crippen LogP contribution in [0.5, 0.6) is 0 Å². The second kappa shape index (κ2) is 4.83. The van der Waals surface area contributed by atoms with Crippen LogP contribution in [0.25, 0.3) is 0 Å². The second-order valence-corrected chi connectivity index (χ2v) is 5.00. The molecule has 2 aromatic rings. The summed E-state index contributed by atoms with van der Waals surface area (Å²) in [5.74, 6) is -0.725. The highest BCUT2D eigenvalue weighted by Gasteiger charge is 2.35. The monoisotopic (exact) mass is 293 g/mol. The van der Waals surface area contributed by atoms with Gasteiger partial charge in [-0.25, -0.2) is 0 Å². The largest absolute Gasteiger partial charge is 0.469 e. The average molecular weight is 294 g/mol. The Kier molecular flexibility index (Phi) is 3.14. The topological polar surface area (TPSA) is 61.4 Å². The molecule has 1 unspecified atom stereocenters. The molecule has 0 amide bonds. The highest BCUT2D eigenvalue weighted by molar-refractivity contribution is 6.34. The van der Waals surface area contributed by atoms with E-state index in [1.165, 1.54) is 13.4 Å². The SMILES string of the molecule is COC(=O)C1CCn2c1cc(Cl)c2C(=O)c1ccco1. The van der Waals surface area contributed by atoms with E-state index >= 15 is 0 Å². The van der Waals surface area contributed by atoms with Crippen LogP contribution in [-0.2, 0) is 16.1 Å². The number of furan rings is 1. The zero-order chi connectivity index (χ0) is 14.3. The minimum absolute atomic E-state index is 0.231. The summed E-state index contributed by atoms with van der Waals surface area (Å²) in [5, 5.41) is 0.329. The fraction of sp³-hybridized carbons (Fsp3) is 0.286. The number of fused-ring (bicyclic) bond motifs is 1. The van der Waals surface area contributed by atoms with E-state index in [-0.39, 0.29) is 23.4 Å². The molecule has 20 heavy (non-hydrogen) atoms. The molecule has 0 bridgehead atoms. The molecule has 0 saturated carbocycles. The van der Waals surface area contributed by atoms with E-state index in [1.807, 2.05) is 0 Å². The summed E-state index contributed by atoms with van der Waals surface area (Å²) in [7, 11) is 1.35. The third-order valence-electron chi connectivity index (χ3n) is 3.53. The van der Waals surface area contributed by atoms with Crippen LogP contribution in [0.2, 0.25) is 5.02 Å². The summed E-state index contributed by atoms with van der Waals surface area (Å²) in [5.41, 5.74) is 1.08. The highest BCUT2D eigenvalue weighted by Crippen LogP contribution is 2.36. The van der Waals surface area contributed by atoms with Gasteiger partial charge in [0.1, 0.15) is 5.69 Å². The molecule has 0 fully saturated rings. The number of carbonyl (C=O) groups excluding carboxylic acids is 2. The van der Waals surface area contributed by atoms with Crippen LogP contribution in [0.3, 0.4) is 0 Å². The van der Waals surface area contributed by atoms with Gasteiger partial charge in [-0.2, -0.15) is 0 Å². The van der Waals surface area contributed by atoms with Crippen molar-refractivity contribution in [2.45, 2.75) is 18.9 Å². The molecule has 6 heteroatoms. The van der Waals surface area contributed by atoms with E-state index in [4.69, 9.17) is 20.8 Å². The number of rotatable bonds is 3. The van der Waals surface area contributed by atoms with Crippen molar-refractivity contribution in [2.75, 3.05) is 7.11 Å². The van der Waals surface area contributed by atoms with Crippen molar-refractivity contribution in [3.8, 4) is 0 Å². The first kappa shape index (κ1) is 13.0. The Morgan fingerprint density at radius 1 is 1.50 bits per heavy atom. The maximum absolute atomic E-state index is 12.4. The minimum atomic E-state index is -0.365. The van der Waals surface area contributed by atoms with Gasteiger partial charge < -0.3 is 13.7 Å². The smallest absolute Gasteiger partial charge is 0.314 e. The van der Waals surface area contributed by atoms with Gasteiger partial charge in [0.15, 0.2) is 5.76 Å². The predicted octanol–water partition coefficient (Wildman–Crippen LogP) is 2.63. The molecular weight excluding hydrogens is 282 g/mol. The number of esters is 1. The lowest BCUT2D eigenvalue weighted by molar-refractivity contribution is -0.142. The van der Waals surface area contributed by atoms with Crippen molar-refractivity contribution < 1.29 is 18.7 Å². The molecule has 3 heterocycles. The average Bonchev–Trinajstić information content (AvgIpc) is 3.12. The van der Waals surface area contributed by atoms with Crippen LogP contribution >= 0.6 is 11.6 Å². The number of carbonyl (C=O) groups is 2. The van der Waals surface area contributed by atoms with E-state index in [1.54, 1.807) is 22.8 Å². The van der Waals surface area contributed by atoms with Crippen molar-refractivity contribution in [1.82, 2.24) is 4.57 Å². The van der Waals surface area contributed by atoms with Crippen LogP contribution < -0.4 is 0 Å². The standard InChI is InChI=1S/C14H12ClNO4/c1-19-14(18)8-4-5-16-10(8)7-9(15)12(16)13(17)11-3-2-6-20-11/h2-3,6-8H,4-5H2,1H3. The van der Waals surface area contributed by atoms with Gasteiger partial charge in [-0.3, -0.25) is 9.59 Å². The second-order valence-electron chi connectivity index (χ2n) is 4.59. The first-order valence-corrected chi connectivity index (χ1v) is 6.56. The lowest BCUT2D eigenvalue weighted by Crippen LogP contribution is -2.11. The fourth-order valence-electron chi connectivity index (χ4n) is 2.61. The predicted molar refractivity (Wildman–Crippen MR) is 71.0 cm³/mol. The maximum atomic E-state index is 12.4. The van der Waals surface area contributed by atoms with E-state index in [9.17, 15) is 9.59 Å². The molecule has 104 valence electrons. The molecule has 2 aromatic heterocycles. The lowest BCUT2D eigenvalue weighted by atomic mass is 10.1. The van der Waals surface area contributed by atoms with E-state index in [2.05, 4.69) is 0 Å². The van der Waals surface area contributed by atoms with Crippen LogP contribution in [0.1, 0.15) is 34.3 Å². The number of hydrogen-bond donors (Lipinski definition) is 0. The van der Waals surface area contributed by atoms with Crippen molar-refractivity contribution >= 4 is 23.4 Å². The number of aromatic nitrogens is 1. The molecule has 3 rings (SSSR count). The molecule has 1 aliphatic rings. The number of hydrogen-bond acceptors (Lipinski definition) is 4. The zero-order valence-electron chi connectivity index (χ0n) is 10.8. The van der Waals surface area contributed by atoms with Gasteiger partial charge in [0.2, 0.25) is 5.78 Å². The van der Waals surface area contributed by atoms with Gasteiger partial charge in [0, 0.05) is 12.2 Å². The number of halogens is 1. The molecule has 0 N–H and O–H groups in total. The Morgan fingerprint density at radius 2 is 2.30 bits per heavy atom. The van der Waals surface area contributed by atoms with E-state index in [0.29, 0.717) is 23.7 Å². The third-order valence-corrected chi connectivity index (χ3v) is 3.81. The van der Waals surface area contributed by atoms with Gasteiger partial charge in [0.05, 0.1) is 24.3 Å².